The molecule has 0 aromatic heterocycles. The van der Waals surface area contributed by atoms with Gasteiger partial charge >= 0.3 is 0 Å². The number of benzene rings is 2. The van der Waals surface area contributed by atoms with Gasteiger partial charge in [-0.2, -0.15) is 4.31 Å². The normalized spacial score (nSPS) is 14.4. The smallest absolute Gasteiger partial charge is 0.227 e. The van der Waals surface area contributed by atoms with Gasteiger partial charge in [0, 0.05) is 18.8 Å². The van der Waals surface area contributed by atoms with E-state index >= 15 is 0 Å². The number of fused-ring (bicyclic) bond motifs is 1. The minimum atomic E-state index is -3.22. The molecule has 0 saturated heterocycles. The van der Waals surface area contributed by atoms with Crippen LogP contribution in [-0.4, -0.2) is 38.0 Å². The lowest BCUT2D eigenvalue weighted by molar-refractivity contribution is -0.116. The molecular weight excluding hydrogens is 376 g/mol. The number of carbonyl (C=O) groups is 1. The summed E-state index contributed by atoms with van der Waals surface area (Å²) in [7, 11) is -3.22. The Bertz CT molecular complexity index is 986. The second-order valence-corrected chi connectivity index (χ2v) is 9.16. The Balaban J connectivity index is 1.58. The first kappa shape index (κ1) is 20.4. The van der Waals surface area contributed by atoms with Crippen LogP contribution in [0.15, 0.2) is 36.4 Å². The summed E-state index contributed by atoms with van der Waals surface area (Å²) in [6.07, 6.45) is 2.04. The molecule has 2 aromatic carbocycles. The monoisotopic (exact) mass is 402 g/mol. The third kappa shape index (κ3) is 4.91. The molecule has 3 rings (SSSR count). The van der Waals surface area contributed by atoms with E-state index in [1.54, 1.807) is 0 Å². The Labute approximate surface area is 166 Å². The number of sulfonamides is 1. The van der Waals surface area contributed by atoms with Gasteiger partial charge in [0.2, 0.25) is 15.9 Å². The van der Waals surface area contributed by atoms with Crippen LogP contribution in [0.25, 0.3) is 0 Å². The zero-order chi connectivity index (χ0) is 20.3. The van der Waals surface area contributed by atoms with Gasteiger partial charge in [-0.1, -0.05) is 18.2 Å². The quantitative estimate of drug-likeness (QED) is 0.806. The molecule has 28 heavy (non-hydrogen) atoms. The molecule has 0 atom stereocenters. The summed E-state index contributed by atoms with van der Waals surface area (Å²) in [6.45, 7) is 5.13. The molecule has 0 fully saturated rings. The van der Waals surface area contributed by atoms with Crippen molar-refractivity contribution in [1.29, 1.82) is 0 Å². The average molecular weight is 403 g/mol. The van der Waals surface area contributed by atoms with Gasteiger partial charge in [0.1, 0.15) is 5.75 Å². The Kier molecular flexibility index (Phi) is 6.05. The van der Waals surface area contributed by atoms with Crippen molar-refractivity contribution in [3.05, 3.63) is 58.7 Å². The number of carbonyl (C=O) groups excluding carboxylic acids is 1. The van der Waals surface area contributed by atoms with Gasteiger partial charge in [0.15, 0.2) is 0 Å². The van der Waals surface area contributed by atoms with E-state index in [0.717, 1.165) is 28.1 Å². The summed E-state index contributed by atoms with van der Waals surface area (Å²) in [6, 6.07) is 11.5. The van der Waals surface area contributed by atoms with Crippen LogP contribution in [0.2, 0.25) is 0 Å². The molecule has 0 aliphatic carbocycles. The van der Waals surface area contributed by atoms with Crippen LogP contribution in [0.3, 0.4) is 0 Å². The van der Waals surface area contributed by atoms with Crippen molar-refractivity contribution in [3.63, 3.8) is 0 Å². The highest BCUT2D eigenvalue weighted by Crippen LogP contribution is 2.27. The molecule has 1 amide bonds. The number of aryl methyl sites for hydroxylation is 2. The van der Waals surface area contributed by atoms with E-state index in [0.29, 0.717) is 26.1 Å². The van der Waals surface area contributed by atoms with Crippen molar-refractivity contribution >= 4 is 21.6 Å². The van der Waals surface area contributed by atoms with Crippen molar-refractivity contribution in [2.45, 2.75) is 33.2 Å². The summed E-state index contributed by atoms with van der Waals surface area (Å²) in [5.41, 5.74) is 5.04. The van der Waals surface area contributed by atoms with Crippen LogP contribution in [-0.2, 0) is 27.8 Å². The molecule has 1 N–H and O–H groups in total. The summed E-state index contributed by atoms with van der Waals surface area (Å²) in [5.74, 6) is 0.636. The maximum Gasteiger partial charge on any atom is 0.227 e. The molecule has 1 aliphatic heterocycles. The Morgan fingerprint density at radius 1 is 1.18 bits per heavy atom. The average Bonchev–Trinajstić information content (AvgIpc) is 2.64. The molecule has 150 valence electrons. The topological polar surface area (TPSA) is 75.7 Å². The van der Waals surface area contributed by atoms with Crippen LogP contribution in [0.1, 0.15) is 28.7 Å². The Morgan fingerprint density at radius 3 is 2.68 bits per heavy atom. The number of nitrogens with zero attached hydrogens (tertiary/aromatic N) is 1. The van der Waals surface area contributed by atoms with Crippen molar-refractivity contribution < 1.29 is 17.9 Å². The number of anilines is 1. The first-order valence-electron chi connectivity index (χ1n) is 9.30. The molecular formula is C21H26N2O4S. The van der Waals surface area contributed by atoms with Crippen LogP contribution in [0.4, 0.5) is 5.69 Å². The molecule has 6 nitrogen and oxygen atoms in total. The largest absolute Gasteiger partial charge is 0.493 e. The minimum absolute atomic E-state index is 0.122. The van der Waals surface area contributed by atoms with Crippen LogP contribution in [0, 0.1) is 13.8 Å². The van der Waals surface area contributed by atoms with Gasteiger partial charge in [-0.25, -0.2) is 8.42 Å². The van der Waals surface area contributed by atoms with Crippen molar-refractivity contribution in [2.75, 3.05) is 24.7 Å². The molecule has 2 aromatic rings. The lowest BCUT2D eigenvalue weighted by atomic mass is 9.99. The fourth-order valence-corrected chi connectivity index (χ4v) is 4.06. The highest BCUT2D eigenvalue weighted by Gasteiger charge is 2.24. The molecule has 1 aliphatic rings. The SMILES string of the molecule is Cc1ccc(OCCC(=O)Nc2cccc3c2CCN(S(C)(=O)=O)C3)cc1C. The Hall–Kier alpha value is -2.38. The second-order valence-electron chi connectivity index (χ2n) is 7.18. The zero-order valence-corrected chi connectivity index (χ0v) is 17.3. The van der Waals surface area contributed by atoms with E-state index in [9.17, 15) is 13.2 Å². The van der Waals surface area contributed by atoms with E-state index in [-0.39, 0.29) is 12.3 Å². The molecule has 0 unspecified atom stereocenters. The summed E-state index contributed by atoms with van der Waals surface area (Å²) in [4.78, 5) is 12.3. The number of hydrogen-bond donors (Lipinski definition) is 1. The van der Waals surface area contributed by atoms with Crippen LogP contribution >= 0.6 is 0 Å². The third-order valence-electron chi connectivity index (χ3n) is 5.05. The van der Waals surface area contributed by atoms with Gasteiger partial charge in [-0.05, 0) is 60.7 Å². The van der Waals surface area contributed by atoms with Crippen molar-refractivity contribution in [3.8, 4) is 5.75 Å². The third-order valence-corrected chi connectivity index (χ3v) is 6.30. The van der Waals surface area contributed by atoms with Gasteiger partial charge in [0.05, 0.1) is 19.3 Å². The maximum absolute atomic E-state index is 12.3. The molecule has 0 saturated carbocycles. The number of ether oxygens (including phenoxy) is 1. The number of amides is 1. The van der Waals surface area contributed by atoms with Crippen molar-refractivity contribution in [2.24, 2.45) is 0 Å². The summed E-state index contributed by atoms with van der Waals surface area (Å²) >= 11 is 0. The number of hydrogen-bond acceptors (Lipinski definition) is 4. The standard InChI is InChI=1S/C21H26N2O4S/c1-15-7-8-18(13-16(15)2)27-12-10-21(24)22-20-6-4-5-17-14-23(28(3,25)26)11-9-19(17)20/h4-8,13H,9-12,14H2,1-3H3,(H,22,24). The zero-order valence-electron chi connectivity index (χ0n) is 16.5. The summed E-state index contributed by atoms with van der Waals surface area (Å²) in [5, 5.41) is 2.94. The predicted octanol–water partition coefficient (Wildman–Crippen LogP) is 3.03. The van der Waals surface area contributed by atoms with Crippen LogP contribution < -0.4 is 10.1 Å². The van der Waals surface area contributed by atoms with Gasteiger partial charge < -0.3 is 10.1 Å². The molecule has 1 heterocycles. The molecule has 0 bridgehead atoms. The van der Waals surface area contributed by atoms with Crippen molar-refractivity contribution in [1.82, 2.24) is 4.31 Å². The van der Waals surface area contributed by atoms with E-state index in [1.165, 1.54) is 16.1 Å². The predicted molar refractivity (Wildman–Crippen MR) is 110 cm³/mol. The van der Waals surface area contributed by atoms with E-state index in [2.05, 4.69) is 5.32 Å². The Morgan fingerprint density at radius 2 is 1.96 bits per heavy atom. The molecule has 7 heteroatoms. The first-order chi connectivity index (χ1) is 13.2. The second kappa shape index (κ2) is 8.32. The highest BCUT2D eigenvalue weighted by atomic mass is 32.2. The van der Waals surface area contributed by atoms with E-state index < -0.39 is 10.0 Å². The number of nitrogens with one attached hydrogen (secondary N) is 1. The number of rotatable bonds is 6. The van der Waals surface area contributed by atoms with Crippen LogP contribution in [0.5, 0.6) is 5.75 Å². The first-order valence-corrected chi connectivity index (χ1v) is 11.1. The van der Waals surface area contributed by atoms with Gasteiger partial charge in [0.25, 0.3) is 0 Å². The van der Waals surface area contributed by atoms with E-state index in [4.69, 9.17) is 4.74 Å². The van der Waals surface area contributed by atoms with Gasteiger partial charge in [-0.15, -0.1) is 0 Å². The fourth-order valence-electron chi connectivity index (χ4n) is 3.26. The molecule has 0 spiro atoms. The maximum atomic E-state index is 12.3. The highest BCUT2D eigenvalue weighted by molar-refractivity contribution is 7.88. The summed E-state index contributed by atoms with van der Waals surface area (Å²) < 4.78 is 30.7. The lowest BCUT2D eigenvalue weighted by Gasteiger charge is -2.28. The fraction of sp³-hybridized carbons (Fsp3) is 0.381. The van der Waals surface area contributed by atoms with E-state index in [1.807, 2.05) is 50.2 Å². The molecule has 0 radical (unpaired) electrons. The minimum Gasteiger partial charge on any atom is -0.493 e. The van der Waals surface area contributed by atoms with Gasteiger partial charge in [-0.3, -0.25) is 4.79 Å². The lowest BCUT2D eigenvalue weighted by Crippen LogP contribution is -2.35.